The quantitative estimate of drug-likeness (QED) is 0.821. The first-order valence-electron chi connectivity index (χ1n) is 6.90. The Bertz CT molecular complexity index is 305. The van der Waals surface area contributed by atoms with Crippen molar-refractivity contribution in [3.63, 3.8) is 0 Å². The summed E-state index contributed by atoms with van der Waals surface area (Å²) in [4.78, 5) is 23.4. The molecule has 0 unspecified atom stereocenters. The van der Waals surface area contributed by atoms with Crippen LogP contribution in [-0.4, -0.2) is 16.9 Å². The molecule has 0 heterocycles. The van der Waals surface area contributed by atoms with Crippen LogP contribution in [0.15, 0.2) is 0 Å². The van der Waals surface area contributed by atoms with E-state index in [9.17, 15) is 9.59 Å². The first-order valence-corrected chi connectivity index (χ1v) is 6.90. The molecule has 17 heavy (non-hydrogen) atoms. The largest absolute Gasteiger partial charge is 0.481 e. The lowest BCUT2D eigenvalue weighted by Crippen LogP contribution is -2.43. The van der Waals surface area contributed by atoms with Crippen LogP contribution in [0.25, 0.3) is 0 Å². The van der Waals surface area contributed by atoms with Gasteiger partial charge in [0.2, 0.25) is 0 Å². The molecule has 3 nitrogen and oxygen atoms in total. The molecule has 2 aliphatic carbocycles. The SMILES string of the molecule is O=C(O)C[C@@]1(C2CCCCC2)CCCCC1=O. The van der Waals surface area contributed by atoms with Crippen LogP contribution in [0.3, 0.4) is 0 Å². The van der Waals surface area contributed by atoms with E-state index >= 15 is 0 Å². The monoisotopic (exact) mass is 238 g/mol. The van der Waals surface area contributed by atoms with E-state index < -0.39 is 11.4 Å². The van der Waals surface area contributed by atoms with Gasteiger partial charge in [-0.15, -0.1) is 0 Å². The van der Waals surface area contributed by atoms with Crippen LogP contribution in [0, 0.1) is 11.3 Å². The standard InChI is InChI=1S/C14H22O3/c15-12-8-4-5-9-14(12,10-13(16)17)11-6-2-1-3-7-11/h11H,1-10H2,(H,16,17)/t14-/m1/s1. The predicted octanol–water partition coefficient (Wildman–Crippen LogP) is 3.17. The van der Waals surface area contributed by atoms with Gasteiger partial charge >= 0.3 is 5.97 Å². The van der Waals surface area contributed by atoms with Gasteiger partial charge in [-0.1, -0.05) is 25.7 Å². The predicted molar refractivity (Wildman–Crippen MR) is 64.7 cm³/mol. The average Bonchev–Trinajstić information content (AvgIpc) is 2.33. The minimum Gasteiger partial charge on any atom is -0.481 e. The van der Waals surface area contributed by atoms with Crippen molar-refractivity contribution >= 4 is 11.8 Å². The number of rotatable bonds is 3. The lowest BCUT2D eigenvalue weighted by Gasteiger charge is -2.43. The highest BCUT2D eigenvalue weighted by Crippen LogP contribution is 2.48. The van der Waals surface area contributed by atoms with Gasteiger partial charge in [-0.05, 0) is 31.6 Å². The Kier molecular flexibility index (Phi) is 3.85. The van der Waals surface area contributed by atoms with E-state index in [1.807, 2.05) is 0 Å². The summed E-state index contributed by atoms with van der Waals surface area (Å²) in [5.41, 5.74) is -0.509. The fraction of sp³-hybridized carbons (Fsp3) is 0.857. The molecule has 1 atom stereocenters. The van der Waals surface area contributed by atoms with Crippen molar-refractivity contribution in [3.05, 3.63) is 0 Å². The molecule has 0 bridgehead atoms. The van der Waals surface area contributed by atoms with Gasteiger partial charge in [0.05, 0.1) is 6.42 Å². The summed E-state index contributed by atoms with van der Waals surface area (Å²) < 4.78 is 0. The third-order valence-corrected chi connectivity index (χ3v) is 4.69. The zero-order valence-electron chi connectivity index (χ0n) is 10.4. The highest BCUT2D eigenvalue weighted by molar-refractivity contribution is 5.89. The summed E-state index contributed by atoms with van der Waals surface area (Å²) in [7, 11) is 0. The molecule has 0 aromatic heterocycles. The highest BCUT2D eigenvalue weighted by Gasteiger charge is 2.47. The van der Waals surface area contributed by atoms with E-state index in [-0.39, 0.29) is 12.2 Å². The minimum atomic E-state index is -0.800. The number of ketones is 1. The van der Waals surface area contributed by atoms with Gasteiger partial charge < -0.3 is 5.11 Å². The maximum Gasteiger partial charge on any atom is 0.304 e. The number of carbonyl (C=O) groups is 2. The minimum absolute atomic E-state index is 0.0660. The molecule has 0 aromatic rings. The summed E-state index contributed by atoms with van der Waals surface area (Å²) >= 11 is 0. The number of aliphatic carboxylic acids is 1. The molecular formula is C14H22O3. The fourth-order valence-electron chi connectivity index (χ4n) is 3.80. The van der Waals surface area contributed by atoms with Crippen LogP contribution in [-0.2, 0) is 9.59 Å². The Morgan fingerprint density at radius 2 is 1.88 bits per heavy atom. The molecule has 3 heteroatoms. The van der Waals surface area contributed by atoms with Gasteiger partial charge in [0, 0.05) is 11.8 Å². The van der Waals surface area contributed by atoms with Crippen LogP contribution >= 0.6 is 0 Å². The molecule has 0 amide bonds. The molecule has 2 rings (SSSR count). The van der Waals surface area contributed by atoms with Crippen LogP contribution in [0.5, 0.6) is 0 Å². The van der Waals surface area contributed by atoms with E-state index in [1.54, 1.807) is 0 Å². The van der Waals surface area contributed by atoms with Crippen LogP contribution in [0.2, 0.25) is 0 Å². The number of hydrogen-bond acceptors (Lipinski definition) is 2. The Morgan fingerprint density at radius 1 is 1.18 bits per heavy atom. The maximum absolute atomic E-state index is 12.3. The fourth-order valence-corrected chi connectivity index (χ4v) is 3.80. The van der Waals surface area contributed by atoms with Gasteiger partial charge in [0.1, 0.15) is 5.78 Å². The van der Waals surface area contributed by atoms with Crippen LogP contribution in [0.4, 0.5) is 0 Å². The summed E-state index contributed by atoms with van der Waals surface area (Å²) in [6.45, 7) is 0. The van der Waals surface area contributed by atoms with Crippen LogP contribution in [0.1, 0.15) is 64.2 Å². The summed E-state index contributed by atoms with van der Waals surface area (Å²) in [5, 5.41) is 9.13. The number of carboxylic acids is 1. The first-order chi connectivity index (χ1) is 8.15. The van der Waals surface area contributed by atoms with Crippen molar-refractivity contribution in [2.75, 3.05) is 0 Å². The van der Waals surface area contributed by atoms with Gasteiger partial charge in [-0.3, -0.25) is 9.59 Å². The van der Waals surface area contributed by atoms with Crippen molar-refractivity contribution < 1.29 is 14.7 Å². The molecule has 2 fully saturated rings. The molecule has 2 aliphatic rings. The number of hydrogen-bond donors (Lipinski definition) is 1. The van der Waals surface area contributed by atoms with E-state index in [4.69, 9.17) is 5.11 Å². The molecule has 0 saturated heterocycles. The average molecular weight is 238 g/mol. The van der Waals surface area contributed by atoms with Gasteiger partial charge in [0.15, 0.2) is 0 Å². The molecule has 0 aromatic carbocycles. The third-order valence-electron chi connectivity index (χ3n) is 4.69. The maximum atomic E-state index is 12.3. The van der Waals surface area contributed by atoms with Crippen molar-refractivity contribution in [2.24, 2.45) is 11.3 Å². The van der Waals surface area contributed by atoms with Gasteiger partial charge in [-0.2, -0.15) is 0 Å². The molecule has 0 spiro atoms. The molecule has 0 radical (unpaired) electrons. The van der Waals surface area contributed by atoms with Crippen molar-refractivity contribution in [2.45, 2.75) is 64.2 Å². The lowest BCUT2D eigenvalue weighted by molar-refractivity contribution is -0.150. The summed E-state index contributed by atoms with van der Waals surface area (Å²) in [6.07, 6.45) is 9.13. The summed E-state index contributed by atoms with van der Waals surface area (Å²) in [6, 6.07) is 0. The summed E-state index contributed by atoms with van der Waals surface area (Å²) in [5.74, 6) is -0.232. The van der Waals surface area contributed by atoms with E-state index in [2.05, 4.69) is 0 Å². The Morgan fingerprint density at radius 3 is 2.47 bits per heavy atom. The second-order valence-electron chi connectivity index (χ2n) is 5.69. The number of carboxylic acid groups (broad SMARTS) is 1. The Balaban J connectivity index is 2.20. The van der Waals surface area contributed by atoms with E-state index in [1.165, 1.54) is 19.3 Å². The molecule has 1 N–H and O–H groups in total. The number of carbonyl (C=O) groups excluding carboxylic acids is 1. The zero-order valence-corrected chi connectivity index (χ0v) is 10.4. The normalized spacial score (nSPS) is 31.4. The van der Waals surface area contributed by atoms with Gasteiger partial charge in [0.25, 0.3) is 0 Å². The molecule has 0 aliphatic heterocycles. The van der Waals surface area contributed by atoms with Crippen LogP contribution < -0.4 is 0 Å². The van der Waals surface area contributed by atoms with Crippen molar-refractivity contribution in [1.82, 2.24) is 0 Å². The second-order valence-corrected chi connectivity index (χ2v) is 5.69. The van der Waals surface area contributed by atoms with Gasteiger partial charge in [-0.25, -0.2) is 0 Å². The first kappa shape index (κ1) is 12.6. The lowest BCUT2D eigenvalue weighted by atomic mass is 9.59. The molecule has 2 saturated carbocycles. The smallest absolute Gasteiger partial charge is 0.304 e. The van der Waals surface area contributed by atoms with E-state index in [0.29, 0.717) is 12.3 Å². The topological polar surface area (TPSA) is 54.4 Å². The van der Waals surface area contributed by atoms with Crippen molar-refractivity contribution in [3.8, 4) is 0 Å². The second kappa shape index (κ2) is 5.19. The highest BCUT2D eigenvalue weighted by atomic mass is 16.4. The van der Waals surface area contributed by atoms with E-state index in [0.717, 1.165) is 32.1 Å². The Labute approximate surface area is 103 Å². The van der Waals surface area contributed by atoms with Crippen molar-refractivity contribution in [1.29, 1.82) is 0 Å². The third kappa shape index (κ3) is 2.53. The molecule has 96 valence electrons. The molecular weight excluding hydrogens is 216 g/mol. The Hall–Kier alpha value is -0.860. The number of Topliss-reactive ketones (excluding diaryl/α,β-unsaturated/α-hetero) is 1. The zero-order chi connectivity index (χ0) is 12.3.